The van der Waals surface area contributed by atoms with Gasteiger partial charge in [0.15, 0.2) is 0 Å². The van der Waals surface area contributed by atoms with E-state index >= 15 is 0 Å². The second-order valence-electron chi connectivity index (χ2n) is 4.57. The Morgan fingerprint density at radius 2 is 1.94 bits per heavy atom. The smallest absolute Gasteiger partial charge is 0.323 e. The molecule has 0 bridgehead atoms. The predicted molar refractivity (Wildman–Crippen MR) is 69.2 cm³/mol. The van der Waals surface area contributed by atoms with Crippen LogP contribution in [-0.2, 0) is 14.3 Å². The number of carbonyl (C=O) groups is 2. The molecule has 1 rings (SSSR count). The molecule has 0 N–H and O–H groups in total. The molecule has 1 amide bonds. The van der Waals surface area contributed by atoms with Crippen LogP contribution in [0.25, 0.3) is 0 Å². The zero-order chi connectivity index (χ0) is 13.5. The Balaban J connectivity index is 2.61. The quantitative estimate of drug-likeness (QED) is 0.685. The van der Waals surface area contributed by atoms with Crippen molar-refractivity contribution in [1.29, 1.82) is 0 Å². The number of carbonyl (C=O) groups excluding carboxylic acids is 2. The van der Waals surface area contributed by atoms with Crippen LogP contribution in [0, 0.1) is 0 Å². The number of rotatable bonds is 5. The van der Waals surface area contributed by atoms with Crippen molar-refractivity contribution in [2.45, 2.75) is 39.2 Å². The maximum absolute atomic E-state index is 12.1. The van der Waals surface area contributed by atoms with Gasteiger partial charge >= 0.3 is 5.97 Å². The number of hydrogen-bond donors (Lipinski definition) is 0. The lowest BCUT2D eigenvalue weighted by molar-refractivity contribution is -0.149. The first-order valence-electron chi connectivity index (χ1n) is 6.73. The van der Waals surface area contributed by atoms with E-state index in [0.29, 0.717) is 19.6 Å². The molecule has 1 fully saturated rings. The molecule has 0 aromatic rings. The molecule has 1 aliphatic rings. The molecule has 1 atom stereocenters. The van der Waals surface area contributed by atoms with E-state index in [9.17, 15) is 9.59 Å². The van der Waals surface area contributed by atoms with E-state index in [1.165, 1.54) is 7.11 Å². The Kier molecular flexibility index (Phi) is 6.12. The first-order chi connectivity index (χ1) is 8.63. The molecular weight excluding hydrogens is 232 g/mol. The van der Waals surface area contributed by atoms with Gasteiger partial charge in [0, 0.05) is 13.1 Å². The molecule has 5 heteroatoms. The fourth-order valence-corrected chi connectivity index (χ4v) is 2.43. The van der Waals surface area contributed by atoms with E-state index in [2.05, 4.69) is 0 Å². The molecule has 1 saturated heterocycles. The zero-order valence-corrected chi connectivity index (χ0v) is 11.6. The topological polar surface area (TPSA) is 49.9 Å². The molecule has 0 radical (unpaired) electrons. The molecule has 0 aliphatic carbocycles. The van der Waals surface area contributed by atoms with Crippen LogP contribution in [0.1, 0.15) is 33.1 Å². The van der Waals surface area contributed by atoms with Crippen LogP contribution in [0.5, 0.6) is 0 Å². The molecule has 5 nitrogen and oxygen atoms in total. The Morgan fingerprint density at radius 1 is 1.28 bits per heavy atom. The highest BCUT2D eigenvalue weighted by Gasteiger charge is 2.31. The average Bonchev–Trinajstić information content (AvgIpc) is 2.40. The van der Waals surface area contributed by atoms with Crippen molar-refractivity contribution in [2.24, 2.45) is 0 Å². The minimum absolute atomic E-state index is 0.0933. The third-order valence-electron chi connectivity index (χ3n) is 3.54. The lowest BCUT2D eigenvalue weighted by Crippen LogP contribution is -2.50. The highest BCUT2D eigenvalue weighted by molar-refractivity contribution is 5.80. The summed E-state index contributed by atoms with van der Waals surface area (Å²) in [5.74, 6) is -0.127. The van der Waals surface area contributed by atoms with Crippen molar-refractivity contribution in [2.75, 3.05) is 33.3 Å². The minimum atomic E-state index is -0.247. The molecule has 0 saturated carbocycles. The third-order valence-corrected chi connectivity index (χ3v) is 3.54. The molecule has 18 heavy (non-hydrogen) atoms. The highest BCUT2D eigenvalue weighted by atomic mass is 16.5. The Labute approximate surface area is 109 Å². The van der Waals surface area contributed by atoms with E-state index in [4.69, 9.17) is 4.74 Å². The van der Waals surface area contributed by atoms with Crippen LogP contribution in [0.3, 0.4) is 0 Å². The Bertz CT molecular complexity index is 290. The van der Waals surface area contributed by atoms with Crippen molar-refractivity contribution < 1.29 is 14.3 Å². The number of likely N-dealkylation sites (tertiary alicyclic amines) is 1. The van der Waals surface area contributed by atoms with E-state index in [1.807, 2.05) is 18.7 Å². The van der Waals surface area contributed by atoms with Crippen molar-refractivity contribution in [3.63, 3.8) is 0 Å². The van der Waals surface area contributed by atoms with Crippen LogP contribution < -0.4 is 0 Å². The van der Waals surface area contributed by atoms with E-state index in [-0.39, 0.29) is 17.9 Å². The predicted octanol–water partition coefficient (Wildman–Crippen LogP) is 0.882. The molecule has 1 heterocycles. The van der Waals surface area contributed by atoms with Gasteiger partial charge in [0.1, 0.15) is 6.04 Å². The van der Waals surface area contributed by atoms with Gasteiger partial charge < -0.3 is 9.64 Å². The SMILES string of the molecule is CCN(CC)C(=O)CN1CCCCC1C(=O)OC. The van der Waals surface area contributed by atoms with Gasteiger partial charge in [-0.2, -0.15) is 0 Å². The number of esters is 1. The summed E-state index contributed by atoms with van der Waals surface area (Å²) in [5.41, 5.74) is 0. The summed E-state index contributed by atoms with van der Waals surface area (Å²) in [6, 6.07) is -0.247. The third kappa shape index (κ3) is 3.70. The maximum atomic E-state index is 12.1. The summed E-state index contributed by atoms with van der Waals surface area (Å²) in [7, 11) is 1.40. The molecule has 1 unspecified atom stereocenters. The molecule has 0 spiro atoms. The second-order valence-corrected chi connectivity index (χ2v) is 4.57. The van der Waals surface area contributed by atoms with Crippen LogP contribution in [0.15, 0.2) is 0 Å². The molecule has 1 aliphatic heterocycles. The monoisotopic (exact) mass is 256 g/mol. The van der Waals surface area contributed by atoms with E-state index in [1.54, 1.807) is 4.90 Å². The fraction of sp³-hybridized carbons (Fsp3) is 0.846. The van der Waals surface area contributed by atoms with Gasteiger partial charge in [-0.3, -0.25) is 14.5 Å². The first-order valence-corrected chi connectivity index (χ1v) is 6.73. The standard InChI is InChI=1S/C13H24N2O3/c1-4-14(5-2)12(16)10-15-9-7-6-8-11(15)13(17)18-3/h11H,4-10H2,1-3H3. The lowest BCUT2D eigenvalue weighted by atomic mass is 10.0. The lowest BCUT2D eigenvalue weighted by Gasteiger charge is -2.34. The van der Waals surface area contributed by atoms with Crippen LogP contribution in [-0.4, -0.2) is 61.0 Å². The molecular formula is C13H24N2O3. The number of ether oxygens (including phenoxy) is 1. The van der Waals surface area contributed by atoms with Gasteiger partial charge in [0.05, 0.1) is 13.7 Å². The zero-order valence-electron chi connectivity index (χ0n) is 11.6. The van der Waals surface area contributed by atoms with Gasteiger partial charge in [0.25, 0.3) is 0 Å². The minimum Gasteiger partial charge on any atom is -0.468 e. The fourth-order valence-electron chi connectivity index (χ4n) is 2.43. The van der Waals surface area contributed by atoms with Crippen molar-refractivity contribution >= 4 is 11.9 Å². The van der Waals surface area contributed by atoms with Crippen LogP contribution in [0.2, 0.25) is 0 Å². The van der Waals surface area contributed by atoms with Crippen LogP contribution in [0.4, 0.5) is 0 Å². The molecule has 0 aromatic heterocycles. The average molecular weight is 256 g/mol. The summed E-state index contributed by atoms with van der Waals surface area (Å²) in [5, 5.41) is 0. The number of amides is 1. The van der Waals surface area contributed by atoms with Crippen molar-refractivity contribution in [3.8, 4) is 0 Å². The van der Waals surface area contributed by atoms with Gasteiger partial charge in [-0.05, 0) is 33.2 Å². The number of hydrogen-bond acceptors (Lipinski definition) is 4. The highest BCUT2D eigenvalue weighted by Crippen LogP contribution is 2.18. The van der Waals surface area contributed by atoms with Crippen molar-refractivity contribution in [3.05, 3.63) is 0 Å². The van der Waals surface area contributed by atoms with Crippen LogP contribution >= 0.6 is 0 Å². The first kappa shape index (κ1) is 15.0. The molecule has 104 valence electrons. The number of piperidine rings is 1. The maximum Gasteiger partial charge on any atom is 0.323 e. The van der Waals surface area contributed by atoms with Gasteiger partial charge in [-0.25, -0.2) is 0 Å². The Morgan fingerprint density at radius 3 is 2.50 bits per heavy atom. The summed E-state index contributed by atoms with van der Waals surface area (Å²) in [6.45, 7) is 6.48. The van der Waals surface area contributed by atoms with Gasteiger partial charge in [0.2, 0.25) is 5.91 Å². The number of nitrogens with zero attached hydrogens (tertiary/aromatic N) is 2. The molecule has 0 aromatic carbocycles. The summed E-state index contributed by atoms with van der Waals surface area (Å²) < 4.78 is 4.81. The van der Waals surface area contributed by atoms with Crippen molar-refractivity contribution in [1.82, 2.24) is 9.80 Å². The van der Waals surface area contributed by atoms with E-state index < -0.39 is 0 Å². The summed E-state index contributed by atoms with van der Waals surface area (Å²) >= 11 is 0. The van der Waals surface area contributed by atoms with Gasteiger partial charge in [-0.15, -0.1) is 0 Å². The normalized spacial score (nSPS) is 20.5. The summed E-state index contributed by atoms with van der Waals surface area (Å²) in [6.07, 6.45) is 2.85. The Hall–Kier alpha value is -1.10. The number of likely N-dealkylation sites (N-methyl/N-ethyl adjacent to an activating group) is 1. The largest absolute Gasteiger partial charge is 0.468 e. The second kappa shape index (κ2) is 7.36. The summed E-state index contributed by atoms with van der Waals surface area (Å²) in [4.78, 5) is 27.5. The number of methoxy groups -OCH3 is 1. The van der Waals surface area contributed by atoms with Gasteiger partial charge in [-0.1, -0.05) is 6.42 Å². The van der Waals surface area contributed by atoms with E-state index in [0.717, 1.165) is 25.8 Å².